The maximum Gasteiger partial charge on any atom is 0.0438 e. The minimum atomic E-state index is 0.789. The fourth-order valence-corrected chi connectivity index (χ4v) is 2.65. The van der Waals surface area contributed by atoms with Crippen LogP contribution in [0.15, 0.2) is 18.3 Å². The van der Waals surface area contributed by atoms with Crippen molar-refractivity contribution in [2.75, 3.05) is 0 Å². The summed E-state index contributed by atoms with van der Waals surface area (Å²) in [5.41, 5.74) is 2.81. The lowest BCUT2D eigenvalue weighted by atomic mass is 9.73. The molecule has 0 aliphatic heterocycles. The molecule has 1 aromatic rings. The number of nitrogens with zero attached hydrogens (tertiary/aromatic N) is 1. The molecule has 2 unspecified atom stereocenters. The van der Waals surface area contributed by atoms with Gasteiger partial charge in [-0.3, -0.25) is 4.98 Å². The van der Waals surface area contributed by atoms with Gasteiger partial charge in [-0.2, -0.15) is 0 Å². The Morgan fingerprint density at radius 3 is 2.86 bits per heavy atom. The van der Waals surface area contributed by atoms with Gasteiger partial charge in [0.15, 0.2) is 0 Å². The van der Waals surface area contributed by atoms with Crippen LogP contribution in [-0.4, -0.2) is 4.98 Å². The van der Waals surface area contributed by atoms with E-state index < -0.39 is 0 Å². The van der Waals surface area contributed by atoms with E-state index in [2.05, 4.69) is 37.9 Å². The normalized spacial score (nSPS) is 26.3. The van der Waals surface area contributed by atoms with Gasteiger partial charge < -0.3 is 0 Å². The summed E-state index contributed by atoms with van der Waals surface area (Å²) in [6, 6.07) is 4.30. The van der Waals surface area contributed by atoms with Gasteiger partial charge in [0.05, 0.1) is 0 Å². The fourth-order valence-electron chi connectivity index (χ4n) is 2.65. The van der Waals surface area contributed by atoms with E-state index in [1.54, 1.807) is 0 Å². The average Bonchev–Trinajstić information content (AvgIpc) is 2.16. The largest absolute Gasteiger partial charge is 0.261 e. The van der Waals surface area contributed by atoms with Crippen LogP contribution in [0.1, 0.15) is 32.0 Å². The predicted molar refractivity (Wildman–Crippen MR) is 59.1 cm³/mol. The van der Waals surface area contributed by atoms with E-state index in [0.717, 1.165) is 17.8 Å². The molecule has 0 saturated heterocycles. The monoisotopic (exact) mass is 189 g/mol. The van der Waals surface area contributed by atoms with Crippen LogP contribution in [0.5, 0.6) is 0 Å². The molecular weight excluding hydrogens is 170 g/mol. The maximum atomic E-state index is 4.46. The highest BCUT2D eigenvalue weighted by molar-refractivity contribution is 5.23. The maximum absolute atomic E-state index is 4.46. The smallest absolute Gasteiger partial charge is 0.0438 e. The van der Waals surface area contributed by atoms with Crippen molar-refractivity contribution in [2.24, 2.45) is 17.8 Å². The van der Waals surface area contributed by atoms with Gasteiger partial charge in [0.2, 0.25) is 0 Å². The highest BCUT2D eigenvalue weighted by atomic mass is 14.7. The van der Waals surface area contributed by atoms with Crippen LogP contribution in [0.2, 0.25) is 0 Å². The van der Waals surface area contributed by atoms with Gasteiger partial charge >= 0.3 is 0 Å². The first-order chi connectivity index (χ1) is 6.68. The third-order valence-electron chi connectivity index (χ3n) is 3.54. The molecule has 0 aromatic carbocycles. The minimum absolute atomic E-state index is 0.789. The molecule has 0 spiro atoms. The van der Waals surface area contributed by atoms with E-state index in [0.29, 0.717) is 0 Å². The molecule has 1 aromatic heterocycles. The fraction of sp³-hybridized carbons (Fsp3) is 0.615. The summed E-state index contributed by atoms with van der Waals surface area (Å²) in [7, 11) is 0. The Bertz CT molecular complexity index is 317. The molecule has 76 valence electrons. The van der Waals surface area contributed by atoms with Crippen LogP contribution in [0, 0.1) is 17.8 Å². The molecule has 0 bridgehead atoms. The van der Waals surface area contributed by atoms with Gasteiger partial charge in [-0.05, 0) is 42.2 Å². The van der Waals surface area contributed by atoms with E-state index in [9.17, 15) is 0 Å². The number of hydrogen-bond acceptors (Lipinski definition) is 1. The Balaban J connectivity index is 2.27. The standard InChI is InChI=1S/C13H19N/c1-9(2)12-8-11-5-4-6-14-13(11)7-10(12)3/h4-6,9-10,12H,7-8H2,1-3H3. The van der Waals surface area contributed by atoms with Crippen LogP contribution in [0.25, 0.3) is 0 Å². The van der Waals surface area contributed by atoms with E-state index >= 15 is 0 Å². The van der Waals surface area contributed by atoms with Crippen molar-refractivity contribution in [1.82, 2.24) is 4.98 Å². The molecule has 1 aliphatic carbocycles. The topological polar surface area (TPSA) is 12.9 Å². The molecule has 14 heavy (non-hydrogen) atoms. The molecule has 1 nitrogen and oxygen atoms in total. The molecule has 0 amide bonds. The van der Waals surface area contributed by atoms with E-state index in [-0.39, 0.29) is 0 Å². The van der Waals surface area contributed by atoms with E-state index in [4.69, 9.17) is 0 Å². The number of rotatable bonds is 1. The Morgan fingerprint density at radius 2 is 2.14 bits per heavy atom. The summed E-state index contributed by atoms with van der Waals surface area (Å²) in [6.07, 6.45) is 4.31. The van der Waals surface area contributed by atoms with Gasteiger partial charge in [0.25, 0.3) is 0 Å². The predicted octanol–water partition coefficient (Wildman–Crippen LogP) is 3.09. The second-order valence-electron chi connectivity index (χ2n) is 4.90. The first kappa shape index (κ1) is 9.70. The van der Waals surface area contributed by atoms with Crippen molar-refractivity contribution in [3.63, 3.8) is 0 Å². The molecule has 1 heteroatoms. The number of fused-ring (bicyclic) bond motifs is 1. The van der Waals surface area contributed by atoms with Gasteiger partial charge in [0, 0.05) is 11.9 Å². The van der Waals surface area contributed by atoms with Crippen LogP contribution in [0.3, 0.4) is 0 Å². The van der Waals surface area contributed by atoms with E-state index in [1.807, 2.05) is 6.20 Å². The summed E-state index contributed by atoms with van der Waals surface area (Å²) in [6.45, 7) is 7.04. The summed E-state index contributed by atoms with van der Waals surface area (Å²) < 4.78 is 0. The third-order valence-corrected chi connectivity index (χ3v) is 3.54. The first-order valence-corrected chi connectivity index (χ1v) is 5.61. The van der Waals surface area contributed by atoms with Crippen molar-refractivity contribution in [3.05, 3.63) is 29.6 Å². The quantitative estimate of drug-likeness (QED) is 0.661. The van der Waals surface area contributed by atoms with Crippen molar-refractivity contribution in [2.45, 2.75) is 33.6 Å². The first-order valence-electron chi connectivity index (χ1n) is 5.61. The average molecular weight is 189 g/mol. The Morgan fingerprint density at radius 1 is 1.36 bits per heavy atom. The molecular formula is C13H19N. The lowest BCUT2D eigenvalue weighted by Gasteiger charge is -2.32. The molecule has 0 radical (unpaired) electrons. The molecule has 0 fully saturated rings. The van der Waals surface area contributed by atoms with E-state index in [1.165, 1.54) is 24.1 Å². The summed E-state index contributed by atoms with van der Waals surface area (Å²) >= 11 is 0. The van der Waals surface area contributed by atoms with Gasteiger partial charge in [-0.15, -0.1) is 0 Å². The zero-order chi connectivity index (χ0) is 10.1. The van der Waals surface area contributed by atoms with Crippen LogP contribution in [0.4, 0.5) is 0 Å². The molecule has 0 N–H and O–H groups in total. The van der Waals surface area contributed by atoms with Crippen molar-refractivity contribution in [1.29, 1.82) is 0 Å². The number of hydrogen-bond donors (Lipinski definition) is 0. The lowest BCUT2D eigenvalue weighted by Crippen LogP contribution is -2.27. The number of pyridine rings is 1. The third kappa shape index (κ3) is 1.68. The lowest BCUT2D eigenvalue weighted by molar-refractivity contribution is 0.250. The second kappa shape index (κ2) is 3.72. The zero-order valence-electron chi connectivity index (χ0n) is 9.33. The van der Waals surface area contributed by atoms with Crippen LogP contribution >= 0.6 is 0 Å². The Labute approximate surface area is 86.6 Å². The summed E-state index contributed by atoms with van der Waals surface area (Å²) in [5.74, 6) is 2.42. The number of aromatic nitrogens is 1. The zero-order valence-corrected chi connectivity index (χ0v) is 9.33. The highest BCUT2D eigenvalue weighted by Crippen LogP contribution is 2.33. The highest BCUT2D eigenvalue weighted by Gasteiger charge is 2.27. The van der Waals surface area contributed by atoms with Crippen molar-refractivity contribution in [3.8, 4) is 0 Å². The SMILES string of the molecule is CC(C)C1Cc2cccnc2CC1C. The van der Waals surface area contributed by atoms with Crippen LogP contribution < -0.4 is 0 Å². The van der Waals surface area contributed by atoms with Gasteiger partial charge in [0.1, 0.15) is 0 Å². The van der Waals surface area contributed by atoms with Gasteiger partial charge in [-0.1, -0.05) is 26.8 Å². The summed E-state index contributed by atoms with van der Waals surface area (Å²) in [4.78, 5) is 4.46. The summed E-state index contributed by atoms with van der Waals surface area (Å²) in [5, 5.41) is 0. The molecule has 2 atom stereocenters. The molecule has 1 aliphatic rings. The van der Waals surface area contributed by atoms with Gasteiger partial charge in [-0.25, -0.2) is 0 Å². The molecule has 2 rings (SSSR count). The Hall–Kier alpha value is -0.850. The van der Waals surface area contributed by atoms with Crippen LogP contribution in [-0.2, 0) is 12.8 Å². The van der Waals surface area contributed by atoms with Crippen molar-refractivity contribution >= 4 is 0 Å². The Kier molecular flexibility index (Phi) is 2.58. The minimum Gasteiger partial charge on any atom is -0.261 e. The second-order valence-corrected chi connectivity index (χ2v) is 4.90. The molecule has 1 heterocycles. The van der Waals surface area contributed by atoms with Crippen molar-refractivity contribution < 1.29 is 0 Å². The molecule has 0 saturated carbocycles.